The molecular formula is C12H28N2. The molecule has 0 aliphatic heterocycles. The van der Waals surface area contributed by atoms with E-state index in [0.717, 1.165) is 19.0 Å². The lowest BCUT2D eigenvalue weighted by Gasteiger charge is -2.42. The molecule has 0 rings (SSSR count). The van der Waals surface area contributed by atoms with E-state index in [4.69, 9.17) is 5.73 Å². The third-order valence-electron chi connectivity index (χ3n) is 3.81. The van der Waals surface area contributed by atoms with Crippen LogP contribution in [0.3, 0.4) is 0 Å². The van der Waals surface area contributed by atoms with Crippen LogP contribution in [0.2, 0.25) is 0 Å². The molecule has 2 N–H and O–H groups in total. The van der Waals surface area contributed by atoms with Gasteiger partial charge in [0.25, 0.3) is 0 Å². The smallest absolute Gasteiger partial charge is 0.0323 e. The summed E-state index contributed by atoms with van der Waals surface area (Å²) in [5.41, 5.74) is 6.03. The molecule has 2 nitrogen and oxygen atoms in total. The first-order valence-electron chi connectivity index (χ1n) is 5.79. The van der Waals surface area contributed by atoms with Gasteiger partial charge < -0.3 is 5.73 Å². The largest absolute Gasteiger partial charge is 0.329 e. The summed E-state index contributed by atoms with van der Waals surface area (Å²) in [5, 5.41) is 0. The summed E-state index contributed by atoms with van der Waals surface area (Å²) in [7, 11) is 2.19. The molecule has 0 aromatic rings. The van der Waals surface area contributed by atoms with Crippen molar-refractivity contribution in [3.05, 3.63) is 0 Å². The zero-order valence-corrected chi connectivity index (χ0v) is 10.8. The van der Waals surface area contributed by atoms with Gasteiger partial charge in [0, 0.05) is 18.6 Å². The molecule has 2 unspecified atom stereocenters. The fourth-order valence-corrected chi connectivity index (χ4v) is 1.64. The fraction of sp³-hybridized carbons (Fsp3) is 1.00. The molecule has 0 saturated heterocycles. The minimum Gasteiger partial charge on any atom is -0.329 e. The van der Waals surface area contributed by atoms with E-state index in [1.54, 1.807) is 0 Å². The van der Waals surface area contributed by atoms with Gasteiger partial charge in [0.15, 0.2) is 0 Å². The Labute approximate surface area is 89.9 Å². The van der Waals surface area contributed by atoms with Gasteiger partial charge in [0.05, 0.1) is 0 Å². The number of rotatable bonds is 6. The number of hydrogen-bond donors (Lipinski definition) is 1. The molecule has 0 aliphatic carbocycles. The predicted octanol–water partition coefficient (Wildman–Crippen LogP) is 2.34. The van der Waals surface area contributed by atoms with E-state index in [1.807, 2.05) is 0 Å². The normalized spacial score (nSPS) is 18.6. The van der Waals surface area contributed by atoms with Crippen molar-refractivity contribution in [3.63, 3.8) is 0 Å². The third-order valence-corrected chi connectivity index (χ3v) is 3.81. The lowest BCUT2D eigenvalue weighted by molar-refractivity contribution is 0.0802. The Hall–Kier alpha value is -0.0800. The predicted molar refractivity (Wildman–Crippen MR) is 64.4 cm³/mol. The topological polar surface area (TPSA) is 29.3 Å². The number of nitrogens with zero attached hydrogens (tertiary/aromatic N) is 1. The van der Waals surface area contributed by atoms with Crippen molar-refractivity contribution in [2.24, 2.45) is 17.6 Å². The summed E-state index contributed by atoms with van der Waals surface area (Å²) in [4.78, 5) is 2.42. The van der Waals surface area contributed by atoms with E-state index in [1.165, 1.54) is 6.42 Å². The summed E-state index contributed by atoms with van der Waals surface area (Å²) in [6.07, 6.45) is 1.24. The molecule has 0 spiro atoms. The molecule has 0 bridgehead atoms. The number of likely N-dealkylation sites (N-methyl/N-ethyl adjacent to an activating group) is 1. The molecule has 0 aromatic carbocycles. The van der Waals surface area contributed by atoms with Crippen LogP contribution in [0.4, 0.5) is 0 Å². The second-order valence-corrected chi connectivity index (χ2v) is 5.11. The van der Waals surface area contributed by atoms with Gasteiger partial charge in [-0.25, -0.2) is 0 Å². The summed E-state index contributed by atoms with van der Waals surface area (Å²) in [6, 6.07) is 0. The Morgan fingerprint density at radius 1 is 1.29 bits per heavy atom. The summed E-state index contributed by atoms with van der Waals surface area (Å²) in [5.74, 6) is 1.35. The van der Waals surface area contributed by atoms with E-state index in [0.29, 0.717) is 5.92 Å². The maximum absolute atomic E-state index is 5.88. The molecule has 0 heterocycles. The van der Waals surface area contributed by atoms with Crippen LogP contribution < -0.4 is 5.73 Å². The molecule has 86 valence electrons. The van der Waals surface area contributed by atoms with Crippen molar-refractivity contribution in [3.8, 4) is 0 Å². The van der Waals surface area contributed by atoms with E-state index in [9.17, 15) is 0 Å². The third kappa shape index (κ3) is 3.25. The Bertz CT molecular complexity index is 156. The van der Waals surface area contributed by atoms with Crippen LogP contribution in [0, 0.1) is 11.8 Å². The van der Waals surface area contributed by atoms with Gasteiger partial charge in [-0.3, -0.25) is 4.90 Å². The SMILES string of the molecule is CCC(C)CN(C)C(C)(CN)C(C)C. The minimum atomic E-state index is 0.142. The first-order valence-corrected chi connectivity index (χ1v) is 5.79. The molecule has 2 heteroatoms. The van der Waals surface area contributed by atoms with Gasteiger partial charge in [-0.15, -0.1) is 0 Å². The fourth-order valence-electron chi connectivity index (χ4n) is 1.64. The van der Waals surface area contributed by atoms with Crippen LogP contribution in [-0.4, -0.2) is 30.6 Å². The zero-order chi connectivity index (χ0) is 11.4. The maximum Gasteiger partial charge on any atom is 0.0323 e. The van der Waals surface area contributed by atoms with Gasteiger partial charge in [0.2, 0.25) is 0 Å². The summed E-state index contributed by atoms with van der Waals surface area (Å²) in [6.45, 7) is 13.2. The van der Waals surface area contributed by atoms with Crippen molar-refractivity contribution in [1.29, 1.82) is 0 Å². The minimum absolute atomic E-state index is 0.142. The van der Waals surface area contributed by atoms with Gasteiger partial charge in [-0.2, -0.15) is 0 Å². The first-order chi connectivity index (χ1) is 6.38. The van der Waals surface area contributed by atoms with Crippen LogP contribution in [-0.2, 0) is 0 Å². The number of hydrogen-bond acceptors (Lipinski definition) is 2. The highest BCUT2D eigenvalue weighted by atomic mass is 15.2. The van der Waals surface area contributed by atoms with Gasteiger partial charge in [0.1, 0.15) is 0 Å². The Morgan fingerprint density at radius 2 is 1.79 bits per heavy atom. The lowest BCUT2D eigenvalue weighted by atomic mass is 9.86. The molecule has 2 atom stereocenters. The molecule has 14 heavy (non-hydrogen) atoms. The highest BCUT2D eigenvalue weighted by molar-refractivity contribution is 4.89. The molecule has 0 fully saturated rings. The molecule has 0 saturated carbocycles. The van der Waals surface area contributed by atoms with E-state index in [2.05, 4.69) is 46.6 Å². The summed E-state index contributed by atoms with van der Waals surface area (Å²) < 4.78 is 0. The van der Waals surface area contributed by atoms with Gasteiger partial charge >= 0.3 is 0 Å². The Balaban J connectivity index is 4.38. The van der Waals surface area contributed by atoms with Crippen molar-refractivity contribution in [2.45, 2.75) is 46.6 Å². The molecule has 0 amide bonds. The van der Waals surface area contributed by atoms with E-state index in [-0.39, 0.29) is 5.54 Å². The van der Waals surface area contributed by atoms with Crippen LogP contribution in [0.1, 0.15) is 41.0 Å². The Morgan fingerprint density at radius 3 is 2.07 bits per heavy atom. The first kappa shape index (κ1) is 13.9. The van der Waals surface area contributed by atoms with Crippen molar-refractivity contribution < 1.29 is 0 Å². The highest BCUT2D eigenvalue weighted by Gasteiger charge is 2.31. The van der Waals surface area contributed by atoms with Crippen LogP contribution >= 0.6 is 0 Å². The molecule has 0 aromatic heterocycles. The second-order valence-electron chi connectivity index (χ2n) is 5.11. The van der Waals surface area contributed by atoms with Crippen LogP contribution in [0.25, 0.3) is 0 Å². The van der Waals surface area contributed by atoms with E-state index >= 15 is 0 Å². The van der Waals surface area contributed by atoms with Crippen LogP contribution in [0.15, 0.2) is 0 Å². The zero-order valence-electron chi connectivity index (χ0n) is 10.8. The second kappa shape index (κ2) is 5.72. The van der Waals surface area contributed by atoms with E-state index < -0.39 is 0 Å². The maximum atomic E-state index is 5.88. The average molecular weight is 200 g/mol. The molecule has 0 aliphatic rings. The molecule has 0 radical (unpaired) electrons. The quantitative estimate of drug-likeness (QED) is 0.713. The molecular weight excluding hydrogens is 172 g/mol. The van der Waals surface area contributed by atoms with Gasteiger partial charge in [-0.05, 0) is 25.8 Å². The number of nitrogens with two attached hydrogens (primary N) is 1. The van der Waals surface area contributed by atoms with Crippen molar-refractivity contribution in [1.82, 2.24) is 4.90 Å². The van der Waals surface area contributed by atoms with Crippen molar-refractivity contribution in [2.75, 3.05) is 20.1 Å². The van der Waals surface area contributed by atoms with Crippen LogP contribution in [0.5, 0.6) is 0 Å². The standard InChI is InChI=1S/C12H28N2/c1-7-11(4)8-14(6)12(5,9-13)10(2)3/h10-11H,7-9,13H2,1-6H3. The Kier molecular flexibility index (Phi) is 5.68. The van der Waals surface area contributed by atoms with Crippen molar-refractivity contribution >= 4 is 0 Å². The summed E-state index contributed by atoms with van der Waals surface area (Å²) >= 11 is 0. The highest BCUT2D eigenvalue weighted by Crippen LogP contribution is 2.23. The van der Waals surface area contributed by atoms with Gasteiger partial charge in [-0.1, -0.05) is 34.1 Å². The average Bonchev–Trinajstić information content (AvgIpc) is 2.15. The lowest BCUT2D eigenvalue weighted by Crippen LogP contribution is -2.54. The monoisotopic (exact) mass is 200 g/mol.